The van der Waals surface area contributed by atoms with Crippen LogP contribution in [0, 0.1) is 11.3 Å². The van der Waals surface area contributed by atoms with Gasteiger partial charge in [0.25, 0.3) is 0 Å². The third-order valence-corrected chi connectivity index (χ3v) is 2.35. The maximum absolute atomic E-state index is 12.4. The van der Waals surface area contributed by atoms with Crippen molar-refractivity contribution < 1.29 is 13.2 Å². The van der Waals surface area contributed by atoms with Gasteiger partial charge < -0.3 is 0 Å². The highest BCUT2D eigenvalue weighted by atomic mass is 19.4. The molecule has 0 saturated heterocycles. The van der Waals surface area contributed by atoms with Crippen LogP contribution in [-0.2, 0) is 0 Å². The number of rotatable bonds is 4. The van der Waals surface area contributed by atoms with Gasteiger partial charge in [-0.25, -0.2) is 0 Å². The Morgan fingerprint density at radius 3 is 1.85 bits per heavy atom. The highest BCUT2D eigenvalue weighted by Crippen LogP contribution is 2.41. The van der Waals surface area contributed by atoms with E-state index in [0.29, 0.717) is 12.3 Å². The Labute approximate surface area is 78.5 Å². The molecule has 0 N–H and O–H groups in total. The number of halogens is 3. The standard InChI is InChI=1S/C10H19F3/c1-8(2)6-5-7-9(3,4)10(11,12)13/h8H,5-7H2,1-4H3. The molecule has 0 aromatic rings. The summed E-state index contributed by atoms with van der Waals surface area (Å²) in [6.45, 7) is 6.60. The zero-order valence-corrected chi connectivity index (χ0v) is 8.83. The van der Waals surface area contributed by atoms with Gasteiger partial charge in [-0.1, -0.05) is 40.5 Å². The summed E-state index contributed by atoms with van der Waals surface area (Å²) < 4.78 is 37.1. The van der Waals surface area contributed by atoms with Crippen LogP contribution >= 0.6 is 0 Å². The molecule has 0 heterocycles. The molecule has 0 bridgehead atoms. The largest absolute Gasteiger partial charge is 0.393 e. The number of hydrogen-bond acceptors (Lipinski definition) is 0. The molecule has 13 heavy (non-hydrogen) atoms. The molecule has 0 unspecified atom stereocenters. The lowest BCUT2D eigenvalue weighted by Crippen LogP contribution is -2.31. The molecule has 0 saturated carbocycles. The Hall–Kier alpha value is -0.210. The first-order chi connectivity index (χ1) is 5.67. The molecule has 0 atom stereocenters. The van der Waals surface area contributed by atoms with Crippen molar-refractivity contribution in [3.63, 3.8) is 0 Å². The minimum absolute atomic E-state index is 0.231. The third kappa shape index (κ3) is 4.53. The van der Waals surface area contributed by atoms with Gasteiger partial charge in [0.05, 0.1) is 5.41 Å². The van der Waals surface area contributed by atoms with E-state index >= 15 is 0 Å². The molecule has 0 aromatic carbocycles. The van der Waals surface area contributed by atoms with Gasteiger partial charge in [0, 0.05) is 0 Å². The first kappa shape index (κ1) is 12.8. The molecular weight excluding hydrogens is 177 g/mol. The molecule has 0 rings (SSSR count). The van der Waals surface area contributed by atoms with E-state index in [1.54, 1.807) is 0 Å². The van der Waals surface area contributed by atoms with Gasteiger partial charge in [-0.15, -0.1) is 0 Å². The summed E-state index contributed by atoms with van der Waals surface area (Å²) in [5, 5.41) is 0. The molecule has 0 nitrogen and oxygen atoms in total. The summed E-state index contributed by atoms with van der Waals surface area (Å²) in [5.41, 5.74) is -1.53. The molecule has 80 valence electrons. The Balaban J connectivity index is 3.90. The van der Waals surface area contributed by atoms with Gasteiger partial charge in [0.1, 0.15) is 0 Å². The maximum Gasteiger partial charge on any atom is 0.393 e. The fourth-order valence-corrected chi connectivity index (χ4v) is 1.09. The van der Waals surface area contributed by atoms with E-state index in [2.05, 4.69) is 0 Å². The van der Waals surface area contributed by atoms with E-state index in [-0.39, 0.29) is 6.42 Å². The second kappa shape index (κ2) is 4.34. The molecule has 0 spiro atoms. The van der Waals surface area contributed by atoms with E-state index in [4.69, 9.17) is 0 Å². The molecule has 0 amide bonds. The Morgan fingerprint density at radius 1 is 1.08 bits per heavy atom. The van der Waals surface area contributed by atoms with Gasteiger partial charge in [-0.05, 0) is 12.3 Å². The first-order valence-corrected chi connectivity index (χ1v) is 4.73. The summed E-state index contributed by atoms with van der Waals surface area (Å²) in [4.78, 5) is 0. The van der Waals surface area contributed by atoms with Crippen molar-refractivity contribution in [3.8, 4) is 0 Å². The predicted molar refractivity (Wildman–Crippen MR) is 48.5 cm³/mol. The van der Waals surface area contributed by atoms with Crippen LogP contribution in [0.1, 0.15) is 47.0 Å². The molecule has 0 aliphatic carbocycles. The van der Waals surface area contributed by atoms with E-state index in [9.17, 15) is 13.2 Å². The number of alkyl halides is 3. The van der Waals surface area contributed by atoms with Crippen LogP contribution in [0.2, 0.25) is 0 Å². The Morgan fingerprint density at radius 2 is 1.54 bits per heavy atom. The molecule has 3 heteroatoms. The smallest absolute Gasteiger partial charge is 0.171 e. The predicted octanol–water partition coefficient (Wildman–Crippen LogP) is 4.40. The van der Waals surface area contributed by atoms with Gasteiger partial charge in [-0.2, -0.15) is 13.2 Å². The fraction of sp³-hybridized carbons (Fsp3) is 1.00. The lowest BCUT2D eigenvalue weighted by atomic mass is 9.85. The summed E-state index contributed by atoms with van der Waals surface area (Å²) in [6.07, 6.45) is -2.30. The first-order valence-electron chi connectivity index (χ1n) is 4.73. The lowest BCUT2D eigenvalue weighted by molar-refractivity contribution is -0.214. The average molecular weight is 196 g/mol. The number of hydrogen-bond donors (Lipinski definition) is 0. The van der Waals surface area contributed by atoms with Crippen molar-refractivity contribution in [1.82, 2.24) is 0 Å². The van der Waals surface area contributed by atoms with Crippen LogP contribution in [0.15, 0.2) is 0 Å². The summed E-state index contributed by atoms with van der Waals surface area (Å²) in [5.74, 6) is 0.490. The van der Waals surface area contributed by atoms with E-state index < -0.39 is 11.6 Å². The van der Waals surface area contributed by atoms with Crippen LogP contribution in [0.25, 0.3) is 0 Å². The van der Waals surface area contributed by atoms with E-state index in [0.717, 1.165) is 6.42 Å². The van der Waals surface area contributed by atoms with Crippen LogP contribution in [0.3, 0.4) is 0 Å². The van der Waals surface area contributed by atoms with Crippen molar-refractivity contribution in [2.24, 2.45) is 11.3 Å². The third-order valence-electron chi connectivity index (χ3n) is 2.35. The van der Waals surface area contributed by atoms with Crippen molar-refractivity contribution in [2.75, 3.05) is 0 Å². The van der Waals surface area contributed by atoms with Gasteiger partial charge in [0.2, 0.25) is 0 Å². The normalized spacial score (nSPS) is 13.8. The van der Waals surface area contributed by atoms with Crippen molar-refractivity contribution in [2.45, 2.75) is 53.1 Å². The molecule has 0 aromatic heterocycles. The van der Waals surface area contributed by atoms with Gasteiger partial charge >= 0.3 is 6.18 Å². The van der Waals surface area contributed by atoms with E-state index in [1.807, 2.05) is 13.8 Å². The topological polar surface area (TPSA) is 0 Å². The molecular formula is C10H19F3. The molecule has 0 radical (unpaired) electrons. The van der Waals surface area contributed by atoms with Gasteiger partial charge in [0.15, 0.2) is 0 Å². The molecule has 0 aliphatic heterocycles. The van der Waals surface area contributed by atoms with Crippen LogP contribution in [0.4, 0.5) is 13.2 Å². The summed E-state index contributed by atoms with van der Waals surface area (Å²) >= 11 is 0. The second-order valence-electron chi connectivity index (χ2n) is 4.67. The van der Waals surface area contributed by atoms with Crippen molar-refractivity contribution in [3.05, 3.63) is 0 Å². The minimum Gasteiger partial charge on any atom is -0.171 e. The highest BCUT2D eigenvalue weighted by Gasteiger charge is 2.46. The molecule has 0 aliphatic rings. The summed E-state index contributed by atoms with van der Waals surface area (Å²) in [7, 11) is 0. The van der Waals surface area contributed by atoms with Crippen LogP contribution in [-0.4, -0.2) is 6.18 Å². The maximum atomic E-state index is 12.4. The van der Waals surface area contributed by atoms with Crippen LogP contribution in [0.5, 0.6) is 0 Å². The second-order valence-corrected chi connectivity index (χ2v) is 4.67. The zero-order valence-electron chi connectivity index (χ0n) is 8.83. The highest BCUT2D eigenvalue weighted by molar-refractivity contribution is 4.76. The average Bonchev–Trinajstić information content (AvgIpc) is 1.82. The SMILES string of the molecule is CC(C)CCCC(C)(C)C(F)(F)F. The quantitative estimate of drug-likeness (QED) is 0.625. The zero-order chi connectivity index (χ0) is 10.7. The van der Waals surface area contributed by atoms with Crippen LogP contribution < -0.4 is 0 Å². The Bertz CT molecular complexity index is 145. The Kier molecular flexibility index (Phi) is 4.27. The monoisotopic (exact) mass is 196 g/mol. The van der Waals surface area contributed by atoms with Crippen molar-refractivity contribution in [1.29, 1.82) is 0 Å². The van der Waals surface area contributed by atoms with Gasteiger partial charge in [-0.3, -0.25) is 0 Å². The van der Waals surface area contributed by atoms with E-state index in [1.165, 1.54) is 13.8 Å². The van der Waals surface area contributed by atoms with Crippen molar-refractivity contribution >= 4 is 0 Å². The molecule has 0 fully saturated rings. The summed E-state index contributed by atoms with van der Waals surface area (Å²) in [6, 6.07) is 0. The lowest BCUT2D eigenvalue weighted by Gasteiger charge is -2.27. The minimum atomic E-state index is -4.07. The fourth-order valence-electron chi connectivity index (χ4n) is 1.09.